The molecule has 1 aromatic carbocycles. The predicted octanol–water partition coefficient (Wildman–Crippen LogP) is 3.83. The molecule has 0 amide bonds. The summed E-state index contributed by atoms with van der Waals surface area (Å²) in [4.78, 5) is 6.56. The van der Waals surface area contributed by atoms with Crippen LogP contribution in [-0.2, 0) is 6.54 Å². The van der Waals surface area contributed by atoms with E-state index in [-0.39, 0.29) is 0 Å². The maximum atomic E-state index is 5.88. The molecule has 0 unspecified atom stereocenters. The first-order valence-electron chi connectivity index (χ1n) is 10.4. The van der Waals surface area contributed by atoms with E-state index in [1.807, 2.05) is 32.1 Å². The number of nitrogens with zero attached hydrogens (tertiary/aromatic N) is 2. The van der Waals surface area contributed by atoms with Crippen molar-refractivity contribution >= 4 is 5.82 Å². The summed E-state index contributed by atoms with van der Waals surface area (Å²) < 4.78 is 5.88. The van der Waals surface area contributed by atoms with E-state index >= 15 is 0 Å². The topological polar surface area (TPSA) is 49.4 Å². The summed E-state index contributed by atoms with van der Waals surface area (Å²) in [7, 11) is 6.08. The van der Waals surface area contributed by atoms with Crippen LogP contribution in [0.25, 0.3) is 11.1 Å². The molecule has 0 bridgehead atoms. The standard InChI is InChI=1S/C23H34N4O/c1-5-28-22-12-6-17(18-7-13-23(26-15-18)27(3)4)14-19(22)16-25-21-10-8-20(24-2)9-11-21/h6-7,12-15,20-21,24-25H,5,8-11,16H2,1-4H3. The molecule has 152 valence electrons. The van der Waals surface area contributed by atoms with Crippen molar-refractivity contribution in [2.75, 3.05) is 32.6 Å². The van der Waals surface area contributed by atoms with Crippen LogP contribution in [0.5, 0.6) is 5.75 Å². The van der Waals surface area contributed by atoms with Crippen LogP contribution < -0.4 is 20.3 Å². The van der Waals surface area contributed by atoms with E-state index in [4.69, 9.17) is 4.74 Å². The fraction of sp³-hybridized carbons (Fsp3) is 0.522. The number of ether oxygens (including phenoxy) is 1. The van der Waals surface area contributed by atoms with E-state index in [0.29, 0.717) is 18.7 Å². The van der Waals surface area contributed by atoms with E-state index < -0.39 is 0 Å². The maximum absolute atomic E-state index is 5.88. The molecule has 1 saturated carbocycles. The van der Waals surface area contributed by atoms with E-state index in [1.165, 1.54) is 36.8 Å². The molecule has 1 fully saturated rings. The lowest BCUT2D eigenvalue weighted by Gasteiger charge is -2.29. The lowest BCUT2D eigenvalue weighted by molar-refractivity contribution is 0.310. The largest absolute Gasteiger partial charge is 0.494 e. The number of anilines is 1. The van der Waals surface area contributed by atoms with Crippen molar-refractivity contribution in [2.24, 2.45) is 0 Å². The summed E-state index contributed by atoms with van der Waals surface area (Å²) in [5, 5.41) is 7.16. The molecule has 28 heavy (non-hydrogen) atoms. The van der Waals surface area contributed by atoms with Gasteiger partial charge in [-0.2, -0.15) is 0 Å². The fourth-order valence-electron chi connectivity index (χ4n) is 3.86. The van der Waals surface area contributed by atoms with Crippen LogP contribution in [0.1, 0.15) is 38.2 Å². The first kappa shape index (κ1) is 20.6. The highest BCUT2D eigenvalue weighted by molar-refractivity contribution is 5.66. The molecular weight excluding hydrogens is 348 g/mol. The highest BCUT2D eigenvalue weighted by atomic mass is 16.5. The third-order valence-corrected chi connectivity index (χ3v) is 5.62. The number of pyridine rings is 1. The number of hydrogen-bond acceptors (Lipinski definition) is 5. The molecular formula is C23H34N4O. The zero-order valence-corrected chi connectivity index (χ0v) is 17.7. The predicted molar refractivity (Wildman–Crippen MR) is 117 cm³/mol. The van der Waals surface area contributed by atoms with Gasteiger partial charge in [-0.25, -0.2) is 4.98 Å². The lowest BCUT2D eigenvalue weighted by atomic mass is 9.91. The van der Waals surface area contributed by atoms with Gasteiger partial charge in [-0.1, -0.05) is 6.07 Å². The van der Waals surface area contributed by atoms with Gasteiger partial charge in [0.1, 0.15) is 11.6 Å². The zero-order chi connectivity index (χ0) is 19.9. The number of benzene rings is 1. The molecule has 0 radical (unpaired) electrons. The van der Waals surface area contributed by atoms with Crippen LogP contribution in [0.15, 0.2) is 36.5 Å². The summed E-state index contributed by atoms with van der Waals surface area (Å²) in [6.45, 7) is 3.55. The average molecular weight is 383 g/mol. The second kappa shape index (κ2) is 9.89. The van der Waals surface area contributed by atoms with Gasteiger partial charge in [-0.05, 0) is 69.5 Å². The fourth-order valence-corrected chi connectivity index (χ4v) is 3.86. The smallest absolute Gasteiger partial charge is 0.127 e. The Balaban J connectivity index is 1.72. The van der Waals surface area contributed by atoms with Crippen molar-refractivity contribution in [3.63, 3.8) is 0 Å². The van der Waals surface area contributed by atoms with Gasteiger partial charge >= 0.3 is 0 Å². The SMILES string of the molecule is CCOc1ccc(-c2ccc(N(C)C)nc2)cc1CNC1CCC(NC)CC1. The number of nitrogens with one attached hydrogen (secondary N) is 2. The molecule has 5 nitrogen and oxygen atoms in total. The van der Waals surface area contributed by atoms with Crippen molar-refractivity contribution in [1.29, 1.82) is 0 Å². The molecule has 1 aliphatic rings. The summed E-state index contributed by atoms with van der Waals surface area (Å²) in [5.41, 5.74) is 3.52. The average Bonchev–Trinajstić information content (AvgIpc) is 2.73. The minimum Gasteiger partial charge on any atom is -0.494 e. The van der Waals surface area contributed by atoms with Crippen molar-refractivity contribution in [3.05, 3.63) is 42.1 Å². The van der Waals surface area contributed by atoms with Gasteiger partial charge < -0.3 is 20.3 Å². The van der Waals surface area contributed by atoms with Crippen LogP contribution in [0.4, 0.5) is 5.82 Å². The molecule has 0 atom stereocenters. The molecule has 0 aliphatic heterocycles. The highest BCUT2D eigenvalue weighted by Gasteiger charge is 2.20. The van der Waals surface area contributed by atoms with E-state index in [9.17, 15) is 0 Å². The van der Waals surface area contributed by atoms with Gasteiger partial charge in [0.15, 0.2) is 0 Å². The van der Waals surface area contributed by atoms with Crippen molar-refractivity contribution < 1.29 is 4.74 Å². The summed E-state index contributed by atoms with van der Waals surface area (Å²) >= 11 is 0. The number of rotatable bonds is 8. The molecule has 1 aromatic heterocycles. The summed E-state index contributed by atoms with van der Waals surface area (Å²) in [6, 6.07) is 11.9. The second-order valence-corrected chi connectivity index (χ2v) is 7.77. The van der Waals surface area contributed by atoms with Gasteiger partial charge in [-0.15, -0.1) is 0 Å². The zero-order valence-electron chi connectivity index (χ0n) is 17.7. The number of hydrogen-bond donors (Lipinski definition) is 2. The molecule has 2 N–H and O–H groups in total. The quantitative estimate of drug-likeness (QED) is 0.727. The van der Waals surface area contributed by atoms with Gasteiger partial charge in [-0.3, -0.25) is 0 Å². The van der Waals surface area contributed by atoms with Crippen molar-refractivity contribution in [3.8, 4) is 16.9 Å². The van der Waals surface area contributed by atoms with Gasteiger partial charge in [0.2, 0.25) is 0 Å². The molecule has 3 rings (SSSR count). The molecule has 2 aromatic rings. The number of aromatic nitrogens is 1. The normalized spacial score (nSPS) is 19.4. The molecule has 5 heteroatoms. The monoisotopic (exact) mass is 382 g/mol. The minimum absolute atomic E-state index is 0.587. The Kier molecular flexibility index (Phi) is 7.29. The van der Waals surface area contributed by atoms with Crippen molar-refractivity contribution in [2.45, 2.75) is 51.2 Å². The molecule has 0 saturated heterocycles. The Bertz CT molecular complexity index is 737. The summed E-state index contributed by atoms with van der Waals surface area (Å²) in [5.74, 6) is 1.94. The molecule has 0 spiro atoms. The van der Waals surface area contributed by atoms with E-state index in [2.05, 4.69) is 53.0 Å². The first-order chi connectivity index (χ1) is 13.6. The van der Waals surface area contributed by atoms with Crippen LogP contribution in [-0.4, -0.2) is 44.8 Å². The Morgan fingerprint density at radius 2 is 1.75 bits per heavy atom. The Morgan fingerprint density at radius 1 is 1.04 bits per heavy atom. The van der Waals surface area contributed by atoms with Gasteiger partial charge in [0.25, 0.3) is 0 Å². The maximum Gasteiger partial charge on any atom is 0.127 e. The Hall–Kier alpha value is -2.11. The van der Waals surface area contributed by atoms with Gasteiger partial charge in [0.05, 0.1) is 6.61 Å². The Labute approximate surface area is 169 Å². The summed E-state index contributed by atoms with van der Waals surface area (Å²) in [6.07, 6.45) is 6.89. The van der Waals surface area contributed by atoms with E-state index in [0.717, 1.165) is 23.7 Å². The molecule has 1 heterocycles. The second-order valence-electron chi connectivity index (χ2n) is 7.77. The van der Waals surface area contributed by atoms with Crippen LogP contribution in [0.3, 0.4) is 0 Å². The van der Waals surface area contributed by atoms with Crippen LogP contribution in [0, 0.1) is 0 Å². The molecule has 1 aliphatic carbocycles. The Morgan fingerprint density at radius 3 is 2.36 bits per heavy atom. The highest BCUT2D eigenvalue weighted by Crippen LogP contribution is 2.28. The lowest BCUT2D eigenvalue weighted by Crippen LogP contribution is -2.38. The van der Waals surface area contributed by atoms with Crippen molar-refractivity contribution in [1.82, 2.24) is 15.6 Å². The van der Waals surface area contributed by atoms with Crippen LogP contribution in [0.2, 0.25) is 0 Å². The van der Waals surface area contributed by atoms with E-state index in [1.54, 1.807) is 0 Å². The van der Waals surface area contributed by atoms with Crippen LogP contribution >= 0.6 is 0 Å². The third-order valence-electron chi connectivity index (χ3n) is 5.62. The first-order valence-corrected chi connectivity index (χ1v) is 10.4. The van der Waals surface area contributed by atoms with Gasteiger partial charge in [0, 0.05) is 50.0 Å². The third kappa shape index (κ3) is 5.24. The minimum atomic E-state index is 0.587.